The van der Waals surface area contributed by atoms with Crippen molar-refractivity contribution in [1.82, 2.24) is 9.97 Å². The fourth-order valence-electron chi connectivity index (χ4n) is 4.41. The Kier molecular flexibility index (Phi) is 5.77. The van der Waals surface area contributed by atoms with Gasteiger partial charge in [-0.3, -0.25) is 14.6 Å². The number of aromatic amines is 1. The highest BCUT2D eigenvalue weighted by Crippen LogP contribution is 2.46. The number of fused-ring (bicyclic) bond motifs is 2. The summed E-state index contributed by atoms with van der Waals surface area (Å²) >= 11 is 0. The third-order valence-electron chi connectivity index (χ3n) is 6.24. The molecule has 5 rings (SSSR count). The highest BCUT2D eigenvalue weighted by atomic mass is 35.5. The lowest BCUT2D eigenvalue weighted by Crippen LogP contribution is -2.45. The van der Waals surface area contributed by atoms with Crippen molar-refractivity contribution in [3.63, 3.8) is 0 Å². The molecular weight excluding hydrogens is 468 g/mol. The Morgan fingerprint density at radius 3 is 2.63 bits per heavy atom. The van der Waals surface area contributed by atoms with E-state index >= 15 is 0 Å². The summed E-state index contributed by atoms with van der Waals surface area (Å²) in [6, 6.07) is 17.2. The fraction of sp³-hybridized carbons (Fsp3) is 0.115. The molecule has 1 unspecified atom stereocenters. The molecule has 1 aliphatic heterocycles. The zero-order chi connectivity index (χ0) is 24.2. The molecule has 0 bridgehead atoms. The van der Waals surface area contributed by atoms with Crippen molar-refractivity contribution in [1.29, 1.82) is 0 Å². The maximum absolute atomic E-state index is 13.6. The number of nitrogens with zero attached hydrogens (tertiary/aromatic N) is 3. The smallest absolute Gasteiger partial charge is 0.413 e. The number of hydrogen-bond acceptors (Lipinski definition) is 4. The van der Waals surface area contributed by atoms with Crippen LogP contribution in [0, 0.1) is 19.3 Å². The highest BCUT2D eigenvalue weighted by molar-refractivity contribution is 6.13. The van der Waals surface area contributed by atoms with Gasteiger partial charge in [0.2, 0.25) is 5.95 Å². The summed E-state index contributed by atoms with van der Waals surface area (Å²) in [5.41, 5.74) is 2.21. The predicted molar refractivity (Wildman–Crippen MR) is 135 cm³/mol. The highest BCUT2D eigenvalue weighted by Gasteiger charge is 2.51. The van der Waals surface area contributed by atoms with Crippen molar-refractivity contribution >= 4 is 47.1 Å². The number of imidazole rings is 1. The van der Waals surface area contributed by atoms with Crippen LogP contribution in [0.15, 0.2) is 60.7 Å². The van der Waals surface area contributed by atoms with E-state index in [1.54, 1.807) is 60.7 Å². The van der Waals surface area contributed by atoms with E-state index in [9.17, 15) is 19.8 Å². The Balaban J connectivity index is 0.00000289. The Morgan fingerprint density at radius 2 is 1.91 bits per heavy atom. The molecule has 3 aromatic carbocycles. The summed E-state index contributed by atoms with van der Waals surface area (Å²) in [4.78, 5) is 34.5. The zero-order valence-corrected chi connectivity index (χ0v) is 19.6. The lowest BCUT2D eigenvalue weighted by Gasteiger charge is -2.35. The normalized spacial score (nSPS) is 16.5. The first kappa shape index (κ1) is 23.8. The zero-order valence-electron chi connectivity index (χ0n) is 18.8. The van der Waals surface area contributed by atoms with Gasteiger partial charge in [-0.2, -0.15) is 0 Å². The number of hydrogen-bond donors (Lipinski definition) is 3. The van der Waals surface area contributed by atoms with E-state index < -0.39 is 11.8 Å². The number of aromatic nitrogens is 2. The molecule has 2 heterocycles. The van der Waals surface area contributed by atoms with Crippen LogP contribution in [0.3, 0.4) is 0 Å². The second-order valence-corrected chi connectivity index (χ2v) is 8.09. The third-order valence-corrected chi connectivity index (χ3v) is 6.24. The van der Waals surface area contributed by atoms with Crippen LogP contribution in [-0.2, 0) is 5.72 Å². The Labute approximate surface area is 207 Å². The summed E-state index contributed by atoms with van der Waals surface area (Å²) in [5.74, 6) is 2.41. The molecule has 0 spiro atoms. The molecule has 1 aliphatic rings. The number of terminal acetylenes is 1. The van der Waals surface area contributed by atoms with Gasteiger partial charge < -0.3 is 15.2 Å². The van der Waals surface area contributed by atoms with Crippen molar-refractivity contribution in [2.45, 2.75) is 12.6 Å². The minimum absolute atomic E-state index is 0. The molecule has 0 saturated heterocycles. The molecule has 0 radical (unpaired) electrons. The third kappa shape index (κ3) is 3.41. The average Bonchev–Trinajstić information content (AvgIpc) is 3.36. The molecule has 8 nitrogen and oxygen atoms in total. The van der Waals surface area contributed by atoms with Crippen LogP contribution < -0.4 is 9.80 Å². The Hall–Kier alpha value is -4.32. The van der Waals surface area contributed by atoms with Crippen LogP contribution in [0.5, 0.6) is 0 Å². The lowest BCUT2D eigenvalue weighted by molar-refractivity contribution is 0.0703. The summed E-state index contributed by atoms with van der Waals surface area (Å²) in [5, 5.41) is 21.5. The number of carbonyl (C=O) groups excluding carboxylic acids is 1. The van der Waals surface area contributed by atoms with Crippen LogP contribution in [0.1, 0.15) is 32.6 Å². The number of H-pyrrole nitrogens is 1. The van der Waals surface area contributed by atoms with Crippen LogP contribution in [0.4, 0.5) is 16.4 Å². The molecule has 1 aromatic heterocycles. The van der Waals surface area contributed by atoms with Crippen LogP contribution >= 0.6 is 12.4 Å². The second kappa shape index (κ2) is 8.47. The number of amides is 2. The van der Waals surface area contributed by atoms with E-state index in [1.807, 2.05) is 6.92 Å². The largest absolute Gasteiger partial charge is 0.465 e. The van der Waals surface area contributed by atoms with Gasteiger partial charge in [0.1, 0.15) is 0 Å². The van der Waals surface area contributed by atoms with E-state index in [1.165, 1.54) is 11.9 Å². The minimum atomic E-state index is -1.84. The Morgan fingerprint density at radius 1 is 1.17 bits per heavy atom. The van der Waals surface area contributed by atoms with E-state index in [0.29, 0.717) is 44.5 Å². The van der Waals surface area contributed by atoms with Crippen molar-refractivity contribution in [2.24, 2.45) is 0 Å². The van der Waals surface area contributed by atoms with Crippen LogP contribution in [0.25, 0.3) is 11.0 Å². The van der Waals surface area contributed by atoms with Gasteiger partial charge in [0, 0.05) is 29.3 Å². The number of nitrogens with one attached hydrogen (secondary N) is 1. The number of carbonyl (C=O) groups is 2. The molecule has 1 atom stereocenters. The maximum atomic E-state index is 13.6. The van der Waals surface area contributed by atoms with Gasteiger partial charge in [-0.1, -0.05) is 36.3 Å². The molecule has 35 heavy (non-hydrogen) atoms. The minimum Gasteiger partial charge on any atom is -0.465 e. The predicted octanol–water partition coefficient (Wildman–Crippen LogP) is 4.24. The Bertz CT molecular complexity index is 1540. The van der Waals surface area contributed by atoms with Gasteiger partial charge >= 0.3 is 6.09 Å². The van der Waals surface area contributed by atoms with E-state index in [0.717, 1.165) is 4.90 Å². The number of aliphatic hydroxyl groups is 1. The molecule has 4 aromatic rings. The quantitative estimate of drug-likeness (QED) is 0.374. The lowest BCUT2D eigenvalue weighted by atomic mass is 9.92. The average molecular weight is 489 g/mol. The molecule has 176 valence electrons. The summed E-state index contributed by atoms with van der Waals surface area (Å²) < 4.78 is 0. The van der Waals surface area contributed by atoms with Crippen LogP contribution in [-0.4, -0.2) is 39.2 Å². The number of anilines is 2. The van der Waals surface area contributed by atoms with E-state index in [-0.39, 0.29) is 24.3 Å². The van der Waals surface area contributed by atoms with Gasteiger partial charge in [-0.15, -0.1) is 18.8 Å². The monoisotopic (exact) mass is 488 g/mol. The second-order valence-electron chi connectivity index (χ2n) is 8.09. The van der Waals surface area contributed by atoms with E-state index in [2.05, 4.69) is 15.9 Å². The number of benzene rings is 3. The standard InChI is InChI=1S/C26H20N4O4.ClH/c1-4-16-8-7-11-22(15(16)2)30-23(31)18-9-5-6-10-19(18)26(30,34)17-12-13-20-21(14-17)28-24(27-20)29(3)25(32)33;/h1,5-14,34H,2-3H3,(H,27,28)(H,32,33);1H. The molecule has 9 heteroatoms. The fourth-order valence-corrected chi connectivity index (χ4v) is 4.41. The van der Waals surface area contributed by atoms with Gasteiger partial charge in [0.15, 0.2) is 5.72 Å². The first-order valence-corrected chi connectivity index (χ1v) is 10.5. The molecular formula is C26H21ClN4O4. The van der Waals surface area contributed by atoms with Crippen molar-refractivity contribution in [2.75, 3.05) is 16.8 Å². The molecule has 0 saturated carbocycles. The first-order chi connectivity index (χ1) is 16.3. The van der Waals surface area contributed by atoms with Gasteiger partial charge in [0.25, 0.3) is 5.91 Å². The SMILES string of the molecule is C#Cc1cccc(N2C(=O)c3ccccc3C2(O)c2ccc3[nH]c(N(C)C(=O)O)nc3c2)c1C.Cl. The van der Waals surface area contributed by atoms with E-state index in [4.69, 9.17) is 6.42 Å². The van der Waals surface area contributed by atoms with Gasteiger partial charge in [0.05, 0.1) is 16.7 Å². The number of carboxylic acid groups (broad SMARTS) is 1. The topological polar surface area (TPSA) is 110 Å². The number of rotatable bonds is 3. The summed E-state index contributed by atoms with van der Waals surface area (Å²) in [6.45, 7) is 1.81. The molecule has 2 amide bonds. The van der Waals surface area contributed by atoms with Crippen LogP contribution in [0.2, 0.25) is 0 Å². The van der Waals surface area contributed by atoms with Crippen molar-refractivity contribution in [3.05, 3.63) is 88.5 Å². The number of halogens is 1. The first-order valence-electron chi connectivity index (χ1n) is 10.5. The van der Waals surface area contributed by atoms with Gasteiger partial charge in [-0.25, -0.2) is 9.78 Å². The summed E-state index contributed by atoms with van der Waals surface area (Å²) in [7, 11) is 1.38. The maximum Gasteiger partial charge on any atom is 0.413 e. The molecule has 0 aliphatic carbocycles. The summed E-state index contributed by atoms with van der Waals surface area (Å²) in [6.07, 6.45) is 4.49. The van der Waals surface area contributed by atoms with Crippen molar-refractivity contribution < 1.29 is 19.8 Å². The van der Waals surface area contributed by atoms with Crippen molar-refractivity contribution in [3.8, 4) is 12.3 Å². The molecule has 3 N–H and O–H groups in total. The van der Waals surface area contributed by atoms with Gasteiger partial charge in [-0.05, 0) is 42.8 Å². The molecule has 0 fully saturated rings.